The molecule has 3 rings (SSSR count). The molecule has 1 aromatic heterocycles. The smallest absolute Gasteiger partial charge is 0.256 e. The Morgan fingerprint density at radius 2 is 1.92 bits per heavy atom. The minimum Gasteiger partial charge on any atom is -0.364 e. The van der Waals surface area contributed by atoms with Crippen molar-refractivity contribution in [2.24, 2.45) is 5.73 Å². The van der Waals surface area contributed by atoms with Crippen molar-refractivity contribution in [1.29, 1.82) is 0 Å². The highest BCUT2D eigenvalue weighted by atomic mass is 16.5. The summed E-state index contributed by atoms with van der Waals surface area (Å²) in [5, 5.41) is 5.47. The first-order valence-corrected chi connectivity index (χ1v) is 8.14. The molecule has 0 saturated carbocycles. The zero-order chi connectivity index (χ0) is 17.6. The molecular formula is C18H20N4O3. The SMILES string of the molecule is NC[C@H]1CC[C@@H](C(=O)Nc2ccc(NC(=O)c3ccccc3)nc2)O1. The topological polar surface area (TPSA) is 106 Å². The Bertz CT molecular complexity index is 734. The Kier molecular flexibility index (Phi) is 5.37. The van der Waals surface area contributed by atoms with Crippen LogP contribution in [0.5, 0.6) is 0 Å². The molecule has 1 aromatic carbocycles. The Morgan fingerprint density at radius 3 is 2.56 bits per heavy atom. The van der Waals surface area contributed by atoms with Crippen LogP contribution in [0.3, 0.4) is 0 Å². The number of nitrogens with one attached hydrogen (secondary N) is 2. The predicted molar refractivity (Wildman–Crippen MR) is 94.2 cm³/mol. The lowest BCUT2D eigenvalue weighted by molar-refractivity contribution is -0.126. The van der Waals surface area contributed by atoms with Crippen LogP contribution in [0.15, 0.2) is 48.7 Å². The van der Waals surface area contributed by atoms with E-state index < -0.39 is 6.10 Å². The Labute approximate surface area is 145 Å². The van der Waals surface area contributed by atoms with Crippen molar-refractivity contribution < 1.29 is 14.3 Å². The van der Waals surface area contributed by atoms with Crippen molar-refractivity contribution in [3.05, 3.63) is 54.2 Å². The van der Waals surface area contributed by atoms with Gasteiger partial charge in [-0.25, -0.2) is 4.98 Å². The fourth-order valence-electron chi connectivity index (χ4n) is 2.61. The minimum atomic E-state index is -0.481. The average Bonchev–Trinajstić information content (AvgIpc) is 3.13. The summed E-state index contributed by atoms with van der Waals surface area (Å²) in [5.41, 5.74) is 6.64. The number of ether oxygens (including phenoxy) is 1. The van der Waals surface area contributed by atoms with Crippen LogP contribution in [-0.4, -0.2) is 35.6 Å². The molecule has 7 heteroatoms. The second kappa shape index (κ2) is 7.87. The van der Waals surface area contributed by atoms with E-state index in [4.69, 9.17) is 10.5 Å². The molecule has 25 heavy (non-hydrogen) atoms. The van der Waals surface area contributed by atoms with Gasteiger partial charge < -0.3 is 21.1 Å². The summed E-state index contributed by atoms with van der Waals surface area (Å²) in [6.45, 7) is 0.418. The number of carbonyl (C=O) groups excluding carboxylic acids is 2. The van der Waals surface area contributed by atoms with Gasteiger partial charge in [0.25, 0.3) is 11.8 Å². The van der Waals surface area contributed by atoms with Crippen LogP contribution in [0.4, 0.5) is 11.5 Å². The van der Waals surface area contributed by atoms with Crippen LogP contribution in [0.1, 0.15) is 23.2 Å². The first-order chi connectivity index (χ1) is 12.2. The Morgan fingerprint density at radius 1 is 1.12 bits per heavy atom. The Balaban J connectivity index is 1.55. The first kappa shape index (κ1) is 17.1. The molecule has 2 amide bonds. The van der Waals surface area contributed by atoms with E-state index in [-0.39, 0.29) is 17.9 Å². The second-order valence-electron chi connectivity index (χ2n) is 5.80. The van der Waals surface area contributed by atoms with Gasteiger partial charge in [0.2, 0.25) is 0 Å². The van der Waals surface area contributed by atoms with Crippen LogP contribution >= 0.6 is 0 Å². The summed E-state index contributed by atoms with van der Waals surface area (Å²) in [6, 6.07) is 12.2. The fourth-order valence-corrected chi connectivity index (χ4v) is 2.61. The minimum absolute atomic E-state index is 0.0514. The highest BCUT2D eigenvalue weighted by molar-refractivity contribution is 6.03. The lowest BCUT2D eigenvalue weighted by Crippen LogP contribution is -2.29. The van der Waals surface area contributed by atoms with Crippen molar-refractivity contribution in [3.8, 4) is 0 Å². The monoisotopic (exact) mass is 340 g/mol. The van der Waals surface area contributed by atoms with Crippen LogP contribution < -0.4 is 16.4 Å². The van der Waals surface area contributed by atoms with E-state index in [2.05, 4.69) is 15.6 Å². The summed E-state index contributed by atoms with van der Waals surface area (Å²) in [5.74, 6) is -0.0388. The van der Waals surface area contributed by atoms with E-state index >= 15 is 0 Å². The van der Waals surface area contributed by atoms with Gasteiger partial charge in [-0.05, 0) is 37.1 Å². The average molecular weight is 340 g/mol. The van der Waals surface area contributed by atoms with Crippen LogP contribution in [0.25, 0.3) is 0 Å². The van der Waals surface area contributed by atoms with E-state index in [9.17, 15) is 9.59 Å². The molecule has 2 aromatic rings. The molecule has 0 aliphatic carbocycles. The zero-order valence-corrected chi connectivity index (χ0v) is 13.6. The number of pyridine rings is 1. The van der Waals surface area contributed by atoms with Gasteiger partial charge in [0, 0.05) is 12.1 Å². The normalized spacial score (nSPS) is 19.4. The van der Waals surface area contributed by atoms with E-state index in [0.29, 0.717) is 30.0 Å². The van der Waals surface area contributed by atoms with Crippen LogP contribution in [0.2, 0.25) is 0 Å². The second-order valence-corrected chi connectivity index (χ2v) is 5.80. The van der Waals surface area contributed by atoms with Crippen LogP contribution in [0, 0.1) is 0 Å². The summed E-state index contributed by atoms with van der Waals surface area (Å²) in [6.07, 6.45) is 2.41. The predicted octanol–water partition coefficient (Wildman–Crippen LogP) is 1.78. The van der Waals surface area contributed by atoms with Crippen molar-refractivity contribution in [2.45, 2.75) is 25.0 Å². The summed E-state index contributed by atoms with van der Waals surface area (Å²) < 4.78 is 5.56. The van der Waals surface area contributed by atoms with Crippen LogP contribution in [-0.2, 0) is 9.53 Å². The van der Waals surface area contributed by atoms with Gasteiger partial charge in [-0.1, -0.05) is 18.2 Å². The lowest BCUT2D eigenvalue weighted by atomic mass is 10.2. The largest absolute Gasteiger partial charge is 0.364 e. The van der Waals surface area contributed by atoms with Gasteiger partial charge in [-0.3, -0.25) is 9.59 Å². The van der Waals surface area contributed by atoms with Gasteiger partial charge in [0.15, 0.2) is 0 Å². The van der Waals surface area contributed by atoms with Crippen molar-refractivity contribution in [1.82, 2.24) is 4.98 Å². The van der Waals surface area contributed by atoms with E-state index in [1.807, 2.05) is 6.07 Å². The summed E-state index contributed by atoms with van der Waals surface area (Å²) in [4.78, 5) is 28.4. The van der Waals surface area contributed by atoms with E-state index in [0.717, 1.165) is 6.42 Å². The molecule has 1 aliphatic rings. The van der Waals surface area contributed by atoms with Crippen molar-refractivity contribution in [3.63, 3.8) is 0 Å². The number of hydrogen-bond acceptors (Lipinski definition) is 5. The molecule has 1 fully saturated rings. The van der Waals surface area contributed by atoms with E-state index in [1.165, 1.54) is 6.20 Å². The van der Waals surface area contributed by atoms with E-state index in [1.54, 1.807) is 36.4 Å². The third-order valence-electron chi connectivity index (χ3n) is 3.97. The molecule has 7 nitrogen and oxygen atoms in total. The summed E-state index contributed by atoms with van der Waals surface area (Å²) >= 11 is 0. The molecular weight excluding hydrogens is 320 g/mol. The number of rotatable bonds is 5. The maximum absolute atomic E-state index is 12.1. The number of aromatic nitrogens is 1. The maximum atomic E-state index is 12.1. The molecule has 2 heterocycles. The molecule has 1 saturated heterocycles. The molecule has 0 radical (unpaired) electrons. The number of nitrogens with zero attached hydrogens (tertiary/aromatic N) is 1. The number of nitrogens with two attached hydrogens (primary N) is 1. The lowest BCUT2D eigenvalue weighted by Gasteiger charge is -2.12. The fraction of sp³-hybridized carbons (Fsp3) is 0.278. The Hall–Kier alpha value is -2.77. The van der Waals surface area contributed by atoms with Gasteiger partial charge in [-0.15, -0.1) is 0 Å². The maximum Gasteiger partial charge on any atom is 0.256 e. The number of hydrogen-bond donors (Lipinski definition) is 3. The third kappa shape index (κ3) is 4.40. The molecule has 2 atom stereocenters. The number of carbonyl (C=O) groups is 2. The first-order valence-electron chi connectivity index (χ1n) is 8.14. The number of amides is 2. The van der Waals surface area contributed by atoms with Crippen molar-refractivity contribution in [2.75, 3.05) is 17.2 Å². The molecule has 1 aliphatic heterocycles. The highest BCUT2D eigenvalue weighted by Crippen LogP contribution is 2.20. The highest BCUT2D eigenvalue weighted by Gasteiger charge is 2.29. The van der Waals surface area contributed by atoms with Crippen molar-refractivity contribution >= 4 is 23.3 Å². The standard InChI is InChI=1S/C18H20N4O3/c19-10-14-7-8-15(25-14)18(24)21-13-6-9-16(20-11-13)22-17(23)12-4-2-1-3-5-12/h1-6,9,11,14-15H,7-8,10,19H2,(H,21,24)(H,20,22,23)/t14-,15+/m1/s1. The van der Waals surface area contributed by atoms with Gasteiger partial charge in [0.1, 0.15) is 11.9 Å². The van der Waals surface area contributed by atoms with Gasteiger partial charge in [0.05, 0.1) is 18.0 Å². The number of benzene rings is 1. The third-order valence-corrected chi connectivity index (χ3v) is 3.97. The number of anilines is 2. The zero-order valence-electron chi connectivity index (χ0n) is 13.6. The molecule has 4 N–H and O–H groups in total. The van der Waals surface area contributed by atoms with Gasteiger partial charge >= 0.3 is 0 Å². The summed E-state index contributed by atoms with van der Waals surface area (Å²) in [7, 11) is 0. The molecule has 130 valence electrons. The molecule has 0 spiro atoms. The van der Waals surface area contributed by atoms with Gasteiger partial charge in [-0.2, -0.15) is 0 Å². The molecule has 0 unspecified atom stereocenters. The quantitative estimate of drug-likeness (QED) is 0.769. The molecule has 0 bridgehead atoms.